The number of nitrogens with one attached hydrogen (secondary N) is 1. The third-order valence-electron chi connectivity index (χ3n) is 4.23. The minimum Gasteiger partial charge on any atom is -0.399 e. The van der Waals surface area contributed by atoms with Crippen LogP contribution < -0.4 is 16.0 Å². The van der Waals surface area contributed by atoms with Crippen LogP contribution in [0.15, 0.2) is 46.2 Å². The number of benzene rings is 2. The van der Waals surface area contributed by atoms with Crippen LogP contribution in [0.4, 0.5) is 17.1 Å². The number of carbonyl (C=O) groups is 1. The van der Waals surface area contributed by atoms with Crippen LogP contribution >= 0.6 is 0 Å². The van der Waals surface area contributed by atoms with Crippen LogP contribution in [0, 0.1) is 6.92 Å². The number of aryl methyl sites for hydroxylation is 1. The molecule has 0 saturated carbocycles. The molecule has 7 heteroatoms. The summed E-state index contributed by atoms with van der Waals surface area (Å²) >= 11 is 0. The lowest BCUT2D eigenvalue weighted by atomic mass is 10.2. The number of rotatable bonds is 6. The zero-order valence-corrected chi connectivity index (χ0v) is 16.4. The number of hydrogen-bond acceptors (Lipinski definition) is 5. The molecular formula is C19H25N3O3S. The van der Waals surface area contributed by atoms with Crippen molar-refractivity contribution in [2.24, 2.45) is 0 Å². The van der Waals surface area contributed by atoms with Crippen molar-refractivity contribution in [2.75, 3.05) is 29.0 Å². The number of anilines is 3. The fourth-order valence-corrected chi connectivity index (χ4v) is 4.54. The number of sulfone groups is 1. The highest BCUT2D eigenvalue weighted by atomic mass is 32.2. The maximum absolute atomic E-state index is 13.4. The normalized spacial score (nSPS) is 11.2. The molecule has 0 radical (unpaired) electrons. The van der Waals surface area contributed by atoms with E-state index in [1.165, 1.54) is 13.0 Å². The Kier molecular flexibility index (Phi) is 5.92. The second kappa shape index (κ2) is 7.78. The highest BCUT2D eigenvalue weighted by Gasteiger charge is 2.27. The summed E-state index contributed by atoms with van der Waals surface area (Å²) in [5, 5.41) is 2.65. The van der Waals surface area contributed by atoms with Crippen molar-refractivity contribution < 1.29 is 13.2 Å². The predicted octanol–water partition coefficient (Wildman–Crippen LogP) is 3.21. The van der Waals surface area contributed by atoms with E-state index in [-0.39, 0.29) is 21.4 Å². The molecule has 0 bridgehead atoms. The molecule has 0 spiro atoms. The molecule has 2 aromatic carbocycles. The van der Waals surface area contributed by atoms with Crippen molar-refractivity contribution in [3.63, 3.8) is 0 Å². The highest BCUT2D eigenvalue weighted by Crippen LogP contribution is 2.37. The van der Waals surface area contributed by atoms with E-state index in [2.05, 4.69) is 5.32 Å². The Morgan fingerprint density at radius 1 is 1.15 bits per heavy atom. The third-order valence-corrected chi connectivity index (χ3v) is 6.07. The van der Waals surface area contributed by atoms with Crippen LogP contribution in [0.5, 0.6) is 0 Å². The van der Waals surface area contributed by atoms with Crippen LogP contribution in [0.2, 0.25) is 0 Å². The van der Waals surface area contributed by atoms with E-state index in [4.69, 9.17) is 5.73 Å². The smallest absolute Gasteiger partial charge is 0.221 e. The minimum atomic E-state index is -3.86. The fourth-order valence-electron chi connectivity index (χ4n) is 2.84. The lowest BCUT2D eigenvalue weighted by Gasteiger charge is -2.25. The van der Waals surface area contributed by atoms with Gasteiger partial charge in [-0.15, -0.1) is 0 Å². The van der Waals surface area contributed by atoms with E-state index in [1.807, 2.05) is 18.7 Å². The lowest BCUT2D eigenvalue weighted by Crippen LogP contribution is -2.25. The summed E-state index contributed by atoms with van der Waals surface area (Å²) in [5.41, 5.74) is 7.89. The molecule has 0 saturated heterocycles. The molecule has 6 nitrogen and oxygen atoms in total. The Morgan fingerprint density at radius 3 is 2.35 bits per heavy atom. The monoisotopic (exact) mass is 375 g/mol. The molecule has 0 heterocycles. The Balaban J connectivity index is 2.78. The van der Waals surface area contributed by atoms with Gasteiger partial charge in [-0.3, -0.25) is 4.79 Å². The number of nitrogens with two attached hydrogens (primary N) is 1. The van der Waals surface area contributed by atoms with Crippen LogP contribution in [-0.4, -0.2) is 27.4 Å². The summed E-state index contributed by atoms with van der Waals surface area (Å²) in [6.07, 6.45) is 0. The third kappa shape index (κ3) is 3.83. The second-order valence-corrected chi connectivity index (χ2v) is 7.92. The number of amides is 1. The van der Waals surface area contributed by atoms with Crippen molar-refractivity contribution >= 4 is 32.8 Å². The van der Waals surface area contributed by atoms with Gasteiger partial charge in [0.1, 0.15) is 4.90 Å². The standard InChI is InChI=1S/C19H25N3O3S/c1-5-22(6-2)18-9-7-8-17(21-14(4)23)19(18)26(24,25)15-10-11-16(20)13(3)12-15/h7-12H,5-6,20H2,1-4H3,(H,21,23). The van der Waals surface area contributed by atoms with Gasteiger partial charge >= 0.3 is 0 Å². The molecule has 2 rings (SSSR count). The van der Waals surface area contributed by atoms with Crippen molar-refractivity contribution in [1.82, 2.24) is 0 Å². The van der Waals surface area contributed by atoms with Crippen LogP contribution in [0.1, 0.15) is 26.3 Å². The van der Waals surface area contributed by atoms with Gasteiger partial charge in [0.25, 0.3) is 0 Å². The Labute approximate surface area is 154 Å². The molecule has 2 aromatic rings. The van der Waals surface area contributed by atoms with Gasteiger partial charge in [0.05, 0.1) is 16.3 Å². The van der Waals surface area contributed by atoms with Crippen molar-refractivity contribution in [2.45, 2.75) is 37.5 Å². The van der Waals surface area contributed by atoms with E-state index < -0.39 is 9.84 Å². The first-order chi connectivity index (χ1) is 12.2. The minimum absolute atomic E-state index is 0.100. The quantitative estimate of drug-likeness (QED) is 0.756. The Bertz CT molecular complexity index is 920. The van der Waals surface area contributed by atoms with Gasteiger partial charge in [0.2, 0.25) is 15.7 Å². The topological polar surface area (TPSA) is 92.5 Å². The van der Waals surface area contributed by atoms with Crippen LogP contribution in [0.25, 0.3) is 0 Å². The molecule has 0 fully saturated rings. The second-order valence-electron chi connectivity index (χ2n) is 6.03. The van der Waals surface area contributed by atoms with Gasteiger partial charge in [-0.1, -0.05) is 6.07 Å². The average molecular weight is 375 g/mol. The SMILES string of the molecule is CCN(CC)c1cccc(NC(C)=O)c1S(=O)(=O)c1ccc(N)c(C)c1. The van der Waals surface area contributed by atoms with Gasteiger partial charge in [-0.05, 0) is 56.7 Å². The van der Waals surface area contributed by atoms with Gasteiger partial charge < -0.3 is 16.0 Å². The maximum atomic E-state index is 13.4. The summed E-state index contributed by atoms with van der Waals surface area (Å²) in [5.74, 6) is -0.327. The largest absolute Gasteiger partial charge is 0.399 e. The number of hydrogen-bond donors (Lipinski definition) is 2. The van der Waals surface area contributed by atoms with Gasteiger partial charge in [-0.2, -0.15) is 0 Å². The first-order valence-electron chi connectivity index (χ1n) is 8.49. The van der Waals surface area contributed by atoms with E-state index in [9.17, 15) is 13.2 Å². The molecule has 1 amide bonds. The Morgan fingerprint density at radius 2 is 1.81 bits per heavy atom. The summed E-state index contributed by atoms with van der Waals surface area (Å²) in [4.78, 5) is 13.8. The van der Waals surface area contributed by atoms with Gasteiger partial charge in [0.15, 0.2) is 0 Å². The Hall–Kier alpha value is -2.54. The molecule has 140 valence electrons. The molecule has 0 aromatic heterocycles. The molecule has 0 aliphatic rings. The summed E-state index contributed by atoms with van der Waals surface area (Å²) in [7, 11) is -3.86. The van der Waals surface area contributed by atoms with E-state index >= 15 is 0 Å². The van der Waals surface area contributed by atoms with Crippen molar-refractivity contribution in [3.8, 4) is 0 Å². The number of nitrogens with zero attached hydrogens (tertiary/aromatic N) is 1. The summed E-state index contributed by atoms with van der Waals surface area (Å²) in [6.45, 7) is 8.32. The predicted molar refractivity (Wildman–Crippen MR) is 105 cm³/mol. The first kappa shape index (κ1) is 19.8. The van der Waals surface area contributed by atoms with Crippen LogP contribution in [0.3, 0.4) is 0 Å². The van der Waals surface area contributed by atoms with E-state index in [0.717, 1.165) is 0 Å². The highest BCUT2D eigenvalue weighted by molar-refractivity contribution is 7.91. The molecule has 0 aliphatic heterocycles. The maximum Gasteiger partial charge on any atom is 0.221 e. The van der Waals surface area contributed by atoms with Crippen molar-refractivity contribution in [1.29, 1.82) is 0 Å². The number of nitrogen functional groups attached to an aromatic ring is 1. The molecule has 0 unspecified atom stereocenters. The van der Waals surface area contributed by atoms with Gasteiger partial charge in [0, 0.05) is 25.7 Å². The first-order valence-corrected chi connectivity index (χ1v) is 9.97. The molecule has 26 heavy (non-hydrogen) atoms. The lowest BCUT2D eigenvalue weighted by molar-refractivity contribution is -0.114. The molecule has 3 N–H and O–H groups in total. The van der Waals surface area contributed by atoms with E-state index in [1.54, 1.807) is 37.3 Å². The van der Waals surface area contributed by atoms with Crippen LogP contribution in [-0.2, 0) is 14.6 Å². The molecule has 0 aliphatic carbocycles. The summed E-state index contributed by atoms with van der Waals surface area (Å²) in [6, 6.07) is 9.74. The summed E-state index contributed by atoms with van der Waals surface area (Å²) < 4.78 is 26.9. The molecular weight excluding hydrogens is 350 g/mol. The number of carbonyl (C=O) groups excluding carboxylic acids is 1. The zero-order valence-electron chi connectivity index (χ0n) is 15.5. The van der Waals surface area contributed by atoms with Crippen molar-refractivity contribution in [3.05, 3.63) is 42.0 Å². The average Bonchev–Trinajstić information content (AvgIpc) is 2.57. The molecule has 0 atom stereocenters. The zero-order chi connectivity index (χ0) is 19.5. The fraction of sp³-hybridized carbons (Fsp3) is 0.316. The van der Waals surface area contributed by atoms with E-state index in [0.29, 0.717) is 30.0 Å². The van der Waals surface area contributed by atoms with Gasteiger partial charge in [-0.25, -0.2) is 8.42 Å².